The molecule has 2 N–H and O–H groups in total. The van der Waals surface area contributed by atoms with Crippen LogP contribution in [0.1, 0.15) is 46.6 Å². The molecular formula is C19H28N2O5S. The molecule has 27 heavy (non-hydrogen) atoms. The second-order valence-electron chi connectivity index (χ2n) is 7.61. The molecule has 1 heterocycles. The van der Waals surface area contributed by atoms with Crippen molar-refractivity contribution >= 4 is 23.0 Å². The van der Waals surface area contributed by atoms with Gasteiger partial charge in [-0.25, -0.2) is 9.00 Å². The maximum Gasteiger partial charge on any atom is 0.408 e. The lowest BCUT2D eigenvalue weighted by Crippen LogP contribution is -2.51. The fourth-order valence-corrected chi connectivity index (χ4v) is 3.50. The topological polar surface area (TPSA) is 93.7 Å². The van der Waals surface area contributed by atoms with Crippen LogP contribution in [0.2, 0.25) is 0 Å². The van der Waals surface area contributed by atoms with Crippen molar-refractivity contribution in [1.29, 1.82) is 0 Å². The summed E-state index contributed by atoms with van der Waals surface area (Å²) in [5, 5.41) is 2.59. The van der Waals surface area contributed by atoms with E-state index in [1.807, 2.05) is 13.8 Å². The smallest absolute Gasteiger partial charge is 0.408 e. The van der Waals surface area contributed by atoms with Gasteiger partial charge in [-0.2, -0.15) is 0 Å². The molecule has 150 valence electrons. The van der Waals surface area contributed by atoms with Gasteiger partial charge in [0.05, 0.1) is 11.5 Å². The van der Waals surface area contributed by atoms with Gasteiger partial charge in [-0.3, -0.25) is 9.52 Å². The number of hydrogen-bond donors (Lipinski definition) is 2. The van der Waals surface area contributed by atoms with Gasteiger partial charge in [0.25, 0.3) is 5.91 Å². The van der Waals surface area contributed by atoms with E-state index < -0.39 is 34.6 Å². The molecule has 0 radical (unpaired) electrons. The minimum Gasteiger partial charge on any atom is -0.493 e. The molecular weight excluding hydrogens is 368 g/mol. The highest BCUT2D eigenvalue weighted by Crippen LogP contribution is 2.26. The number of rotatable bonds is 6. The summed E-state index contributed by atoms with van der Waals surface area (Å²) in [6.45, 7) is 9.61. The van der Waals surface area contributed by atoms with Gasteiger partial charge in [0.2, 0.25) is 0 Å². The van der Waals surface area contributed by atoms with E-state index in [4.69, 9.17) is 9.47 Å². The number of amides is 2. The van der Waals surface area contributed by atoms with Crippen molar-refractivity contribution in [3.05, 3.63) is 23.8 Å². The highest BCUT2D eigenvalue weighted by atomic mass is 32.2. The number of alkyl carbamates (subject to hydrolysis) is 1. The Morgan fingerprint density at radius 2 is 2.04 bits per heavy atom. The molecule has 2 rings (SSSR count). The van der Waals surface area contributed by atoms with E-state index >= 15 is 0 Å². The third-order valence-electron chi connectivity index (χ3n) is 4.24. The number of hydrogen-bond acceptors (Lipinski definition) is 5. The van der Waals surface area contributed by atoms with Crippen LogP contribution in [0.3, 0.4) is 0 Å². The molecule has 1 aromatic rings. The first-order valence-corrected chi connectivity index (χ1v) is 10.2. The Morgan fingerprint density at radius 3 is 2.67 bits per heavy atom. The van der Waals surface area contributed by atoms with Gasteiger partial charge < -0.3 is 14.8 Å². The predicted molar refractivity (Wildman–Crippen MR) is 103 cm³/mol. The molecule has 0 saturated heterocycles. The van der Waals surface area contributed by atoms with Crippen LogP contribution in [0.15, 0.2) is 23.1 Å². The van der Waals surface area contributed by atoms with Crippen molar-refractivity contribution < 1.29 is 23.3 Å². The quantitative estimate of drug-likeness (QED) is 0.771. The summed E-state index contributed by atoms with van der Waals surface area (Å²) in [6.07, 6.45) is 0.740. The molecule has 0 fully saturated rings. The van der Waals surface area contributed by atoms with E-state index in [0.717, 1.165) is 17.7 Å². The molecule has 2 amide bonds. The zero-order valence-corrected chi connectivity index (χ0v) is 17.3. The molecule has 0 aromatic heterocycles. The van der Waals surface area contributed by atoms with Crippen molar-refractivity contribution in [3.63, 3.8) is 0 Å². The third kappa shape index (κ3) is 5.95. The summed E-state index contributed by atoms with van der Waals surface area (Å²) in [6, 6.07) is 4.36. The third-order valence-corrected chi connectivity index (χ3v) is 5.30. The lowest BCUT2D eigenvalue weighted by atomic mass is 9.99. The van der Waals surface area contributed by atoms with Crippen LogP contribution in [0.5, 0.6) is 5.75 Å². The van der Waals surface area contributed by atoms with Crippen molar-refractivity contribution in [2.24, 2.45) is 5.92 Å². The van der Waals surface area contributed by atoms with Crippen LogP contribution in [0, 0.1) is 5.92 Å². The average molecular weight is 397 g/mol. The summed E-state index contributed by atoms with van der Waals surface area (Å²) in [7, 11) is -1.73. The van der Waals surface area contributed by atoms with Gasteiger partial charge in [-0.15, -0.1) is 0 Å². The Bertz CT molecular complexity index is 729. The highest BCUT2D eigenvalue weighted by Gasteiger charge is 2.29. The van der Waals surface area contributed by atoms with Crippen molar-refractivity contribution in [2.45, 2.75) is 64.0 Å². The molecule has 0 bridgehead atoms. The number of fused-ring (bicyclic) bond motifs is 1. The normalized spacial score (nSPS) is 16.5. The van der Waals surface area contributed by atoms with Crippen LogP contribution >= 0.6 is 0 Å². The fraction of sp³-hybridized carbons (Fsp3) is 0.579. The number of nitrogens with one attached hydrogen (secondary N) is 2. The van der Waals surface area contributed by atoms with Crippen molar-refractivity contribution in [2.75, 3.05) is 6.61 Å². The largest absolute Gasteiger partial charge is 0.493 e. The Hall–Kier alpha value is -2.09. The summed E-state index contributed by atoms with van der Waals surface area (Å²) < 4.78 is 25.7. The summed E-state index contributed by atoms with van der Waals surface area (Å²) >= 11 is 0. The lowest BCUT2D eigenvalue weighted by Gasteiger charge is -2.26. The SMILES string of the molecule is CC[C@H](C)[C@H](NC(=O)OC(C)(C)C)C(=O)NS(=O)c1ccc2c(c1)CCO2. The second kappa shape index (κ2) is 8.73. The van der Waals surface area contributed by atoms with Crippen molar-refractivity contribution in [1.82, 2.24) is 10.0 Å². The Kier molecular flexibility index (Phi) is 6.86. The number of benzene rings is 1. The zero-order valence-electron chi connectivity index (χ0n) is 16.5. The monoisotopic (exact) mass is 396 g/mol. The maximum atomic E-state index is 12.7. The first-order chi connectivity index (χ1) is 12.6. The number of carbonyl (C=O) groups excluding carboxylic acids is 2. The van der Waals surface area contributed by atoms with Crippen LogP contribution in [0.4, 0.5) is 4.79 Å². The van der Waals surface area contributed by atoms with Crippen LogP contribution in [0.25, 0.3) is 0 Å². The van der Waals surface area contributed by atoms with Gasteiger partial charge in [0.1, 0.15) is 17.4 Å². The van der Waals surface area contributed by atoms with E-state index in [0.29, 0.717) is 17.9 Å². The van der Waals surface area contributed by atoms with E-state index in [2.05, 4.69) is 10.0 Å². The molecule has 8 heteroatoms. The lowest BCUT2D eigenvalue weighted by molar-refractivity contribution is -0.122. The molecule has 1 aromatic carbocycles. The molecule has 0 spiro atoms. The fourth-order valence-electron chi connectivity index (χ4n) is 2.63. The van der Waals surface area contributed by atoms with E-state index in [1.54, 1.807) is 39.0 Å². The Labute approximate surface area is 162 Å². The van der Waals surface area contributed by atoms with Crippen LogP contribution < -0.4 is 14.8 Å². The Morgan fingerprint density at radius 1 is 1.33 bits per heavy atom. The molecule has 0 saturated carbocycles. The number of ether oxygens (including phenoxy) is 2. The summed E-state index contributed by atoms with van der Waals surface area (Å²) in [5.41, 5.74) is 0.302. The predicted octanol–water partition coefficient (Wildman–Crippen LogP) is 2.70. The van der Waals surface area contributed by atoms with Gasteiger partial charge in [0, 0.05) is 6.42 Å². The highest BCUT2D eigenvalue weighted by molar-refractivity contribution is 7.83. The molecule has 3 atom stereocenters. The first kappa shape index (κ1) is 21.2. The van der Waals surface area contributed by atoms with Gasteiger partial charge in [-0.05, 0) is 50.5 Å². The number of carbonyl (C=O) groups is 2. The van der Waals surface area contributed by atoms with Gasteiger partial charge in [-0.1, -0.05) is 20.3 Å². The van der Waals surface area contributed by atoms with E-state index in [-0.39, 0.29) is 5.92 Å². The maximum absolute atomic E-state index is 12.7. The molecule has 7 nitrogen and oxygen atoms in total. The Balaban J connectivity index is 2.06. The minimum absolute atomic E-state index is 0.150. The summed E-state index contributed by atoms with van der Waals surface area (Å²) in [4.78, 5) is 25.2. The zero-order chi connectivity index (χ0) is 20.2. The van der Waals surface area contributed by atoms with Gasteiger partial charge in [0.15, 0.2) is 11.0 Å². The summed E-state index contributed by atoms with van der Waals surface area (Å²) in [5.74, 6) is 0.124. The van der Waals surface area contributed by atoms with Crippen LogP contribution in [-0.2, 0) is 26.9 Å². The molecule has 1 aliphatic rings. The van der Waals surface area contributed by atoms with E-state index in [1.165, 1.54) is 0 Å². The van der Waals surface area contributed by atoms with Crippen LogP contribution in [-0.4, -0.2) is 34.5 Å². The minimum atomic E-state index is -1.73. The second-order valence-corrected chi connectivity index (χ2v) is 8.83. The first-order valence-electron chi connectivity index (χ1n) is 9.08. The molecule has 1 aliphatic heterocycles. The molecule has 1 unspecified atom stereocenters. The average Bonchev–Trinajstić information content (AvgIpc) is 3.04. The van der Waals surface area contributed by atoms with Gasteiger partial charge >= 0.3 is 6.09 Å². The van der Waals surface area contributed by atoms with Crippen molar-refractivity contribution in [3.8, 4) is 5.75 Å². The van der Waals surface area contributed by atoms with E-state index in [9.17, 15) is 13.8 Å². The molecule has 0 aliphatic carbocycles. The standard InChI is InChI=1S/C19H28N2O5S/c1-6-12(2)16(20-18(23)26-19(3,4)5)17(22)21-27(24)14-7-8-15-13(11-14)9-10-25-15/h7-8,11-12,16H,6,9-10H2,1-5H3,(H,20,23)(H,21,22)/t12-,16-,27?/m0/s1.